The van der Waals surface area contributed by atoms with Crippen LogP contribution < -0.4 is 15.4 Å². The molecular formula is C26H38N2O4. The Balaban J connectivity index is 1.53. The van der Waals surface area contributed by atoms with E-state index in [1.807, 2.05) is 55.5 Å². The number of methoxy groups -OCH3 is 1. The predicted molar refractivity (Wildman–Crippen MR) is 129 cm³/mol. The van der Waals surface area contributed by atoms with E-state index in [0.29, 0.717) is 19.6 Å². The lowest BCUT2D eigenvalue weighted by atomic mass is 10.1. The number of rotatable bonds is 15. The van der Waals surface area contributed by atoms with Gasteiger partial charge in [-0.2, -0.15) is 0 Å². The predicted octanol–water partition coefficient (Wildman–Crippen LogP) is 4.10. The number of aliphatic hydroxyl groups excluding tert-OH is 1. The minimum Gasteiger partial charge on any atom is -0.491 e. The quantitative estimate of drug-likeness (QED) is 0.362. The van der Waals surface area contributed by atoms with E-state index in [2.05, 4.69) is 17.6 Å². The van der Waals surface area contributed by atoms with Crippen LogP contribution in [0.5, 0.6) is 5.75 Å². The lowest BCUT2D eigenvalue weighted by Crippen LogP contribution is -2.36. The first-order chi connectivity index (χ1) is 15.5. The van der Waals surface area contributed by atoms with Gasteiger partial charge in [-0.1, -0.05) is 36.2 Å². The van der Waals surface area contributed by atoms with E-state index in [4.69, 9.17) is 9.47 Å². The number of aliphatic hydroxyl groups is 1. The summed E-state index contributed by atoms with van der Waals surface area (Å²) in [5.41, 5.74) is 3.21. The average molecular weight is 443 g/mol. The molecule has 0 saturated carbocycles. The van der Waals surface area contributed by atoms with Crippen molar-refractivity contribution < 1.29 is 19.4 Å². The molecule has 0 fully saturated rings. The van der Waals surface area contributed by atoms with Gasteiger partial charge in [0.15, 0.2) is 0 Å². The van der Waals surface area contributed by atoms with Crippen LogP contribution in [0.25, 0.3) is 0 Å². The maximum absolute atomic E-state index is 12.0. The summed E-state index contributed by atoms with van der Waals surface area (Å²) < 4.78 is 10.8. The summed E-state index contributed by atoms with van der Waals surface area (Å²) in [7, 11) is 1.69. The Kier molecular flexibility index (Phi) is 11.8. The van der Waals surface area contributed by atoms with E-state index in [0.717, 1.165) is 37.1 Å². The topological polar surface area (TPSA) is 79.8 Å². The second kappa shape index (κ2) is 14.6. The van der Waals surface area contributed by atoms with Crippen molar-refractivity contribution in [3.05, 3.63) is 59.7 Å². The van der Waals surface area contributed by atoms with Crippen LogP contribution in [0.1, 0.15) is 43.7 Å². The maximum atomic E-state index is 12.0. The Hall–Kier alpha value is -2.41. The smallest absolute Gasteiger partial charge is 0.224 e. The van der Waals surface area contributed by atoms with E-state index >= 15 is 0 Å². The molecule has 2 unspecified atom stereocenters. The van der Waals surface area contributed by atoms with Crippen molar-refractivity contribution in [3.63, 3.8) is 0 Å². The minimum atomic E-state index is -0.578. The fourth-order valence-electron chi connectivity index (χ4n) is 3.26. The molecule has 3 N–H and O–H groups in total. The Bertz CT molecular complexity index is 777. The van der Waals surface area contributed by atoms with Crippen LogP contribution in [0.4, 0.5) is 5.69 Å². The van der Waals surface area contributed by atoms with Crippen LogP contribution in [0.2, 0.25) is 0 Å². The molecule has 6 nitrogen and oxygen atoms in total. The van der Waals surface area contributed by atoms with Crippen molar-refractivity contribution in [1.82, 2.24) is 5.32 Å². The standard InChI is InChI=1S/C26H38N2O4/c1-20-8-12-23(13-9-20)28-26(30)7-5-4-6-21(2)27-18-24(29)19-32-25-14-10-22(11-15-25)16-17-31-3/h8-15,21,24,27,29H,4-7,16-19H2,1-3H3,(H,28,30). The van der Waals surface area contributed by atoms with Crippen molar-refractivity contribution in [1.29, 1.82) is 0 Å². The van der Waals surface area contributed by atoms with Crippen LogP contribution in [0.3, 0.4) is 0 Å². The number of carbonyl (C=O) groups is 1. The summed E-state index contributed by atoms with van der Waals surface area (Å²) in [6, 6.07) is 16.0. The number of ether oxygens (including phenoxy) is 2. The number of amides is 1. The van der Waals surface area contributed by atoms with Gasteiger partial charge >= 0.3 is 0 Å². The molecule has 0 aromatic heterocycles. The fourth-order valence-corrected chi connectivity index (χ4v) is 3.26. The molecule has 0 spiro atoms. The van der Waals surface area contributed by atoms with Crippen LogP contribution in [-0.4, -0.2) is 50.0 Å². The van der Waals surface area contributed by atoms with Crippen molar-refractivity contribution in [2.45, 2.75) is 58.1 Å². The zero-order valence-electron chi connectivity index (χ0n) is 19.6. The molecule has 2 aromatic carbocycles. The second-order valence-corrected chi connectivity index (χ2v) is 8.32. The average Bonchev–Trinajstić information content (AvgIpc) is 2.80. The summed E-state index contributed by atoms with van der Waals surface area (Å²) in [6.45, 7) is 5.54. The number of anilines is 1. The molecule has 0 heterocycles. The van der Waals surface area contributed by atoms with Crippen molar-refractivity contribution in [2.24, 2.45) is 0 Å². The van der Waals surface area contributed by atoms with Gasteiger partial charge in [0, 0.05) is 31.8 Å². The molecule has 2 rings (SSSR count). The molecule has 1 amide bonds. The molecule has 0 aliphatic carbocycles. The zero-order valence-corrected chi connectivity index (χ0v) is 19.6. The van der Waals surface area contributed by atoms with Crippen LogP contribution in [0.15, 0.2) is 48.5 Å². The highest BCUT2D eigenvalue weighted by Gasteiger charge is 2.09. The van der Waals surface area contributed by atoms with E-state index in [9.17, 15) is 9.90 Å². The van der Waals surface area contributed by atoms with Crippen LogP contribution >= 0.6 is 0 Å². The molecule has 176 valence electrons. The van der Waals surface area contributed by atoms with Gasteiger partial charge in [0.2, 0.25) is 5.91 Å². The molecular weight excluding hydrogens is 404 g/mol. The van der Waals surface area contributed by atoms with E-state index in [-0.39, 0.29) is 18.6 Å². The van der Waals surface area contributed by atoms with Gasteiger partial charge in [0.1, 0.15) is 18.5 Å². The van der Waals surface area contributed by atoms with Gasteiger partial charge < -0.3 is 25.2 Å². The SMILES string of the molecule is COCCc1ccc(OCC(O)CNC(C)CCCCC(=O)Nc2ccc(C)cc2)cc1. The first-order valence-electron chi connectivity index (χ1n) is 11.4. The first kappa shape index (κ1) is 25.8. The second-order valence-electron chi connectivity index (χ2n) is 8.32. The van der Waals surface area contributed by atoms with Gasteiger partial charge in [-0.15, -0.1) is 0 Å². The molecule has 0 bridgehead atoms. The van der Waals surface area contributed by atoms with Gasteiger partial charge in [-0.25, -0.2) is 0 Å². The molecule has 6 heteroatoms. The number of benzene rings is 2. The summed E-state index contributed by atoms with van der Waals surface area (Å²) >= 11 is 0. The highest BCUT2D eigenvalue weighted by molar-refractivity contribution is 5.90. The summed E-state index contributed by atoms with van der Waals surface area (Å²) in [4.78, 5) is 12.0. The third kappa shape index (κ3) is 10.8. The first-order valence-corrected chi connectivity index (χ1v) is 11.4. The van der Waals surface area contributed by atoms with Gasteiger partial charge in [0.05, 0.1) is 6.61 Å². The molecule has 0 aliphatic rings. The van der Waals surface area contributed by atoms with Crippen LogP contribution in [-0.2, 0) is 16.0 Å². The highest BCUT2D eigenvalue weighted by Crippen LogP contribution is 2.13. The highest BCUT2D eigenvalue weighted by atomic mass is 16.5. The normalized spacial score (nSPS) is 12.9. The minimum absolute atomic E-state index is 0.0498. The van der Waals surface area contributed by atoms with E-state index in [1.54, 1.807) is 7.11 Å². The molecule has 2 atom stereocenters. The van der Waals surface area contributed by atoms with Gasteiger partial charge in [-0.05, 0) is 62.9 Å². The lowest BCUT2D eigenvalue weighted by Gasteiger charge is -2.17. The number of unbranched alkanes of at least 4 members (excludes halogenated alkanes) is 1. The summed E-state index contributed by atoms with van der Waals surface area (Å²) in [5, 5.41) is 16.4. The van der Waals surface area contributed by atoms with Crippen molar-refractivity contribution in [3.8, 4) is 5.75 Å². The monoisotopic (exact) mass is 442 g/mol. The van der Waals surface area contributed by atoms with Gasteiger partial charge in [-0.3, -0.25) is 4.79 Å². The molecule has 0 saturated heterocycles. The number of aryl methyl sites for hydroxylation is 1. The molecule has 0 radical (unpaired) electrons. The molecule has 2 aromatic rings. The summed E-state index contributed by atoms with van der Waals surface area (Å²) in [6.07, 6.45) is 3.56. The number of hydrogen-bond donors (Lipinski definition) is 3. The Morgan fingerprint density at radius 1 is 1.06 bits per heavy atom. The van der Waals surface area contributed by atoms with Crippen LogP contribution in [0, 0.1) is 6.92 Å². The lowest BCUT2D eigenvalue weighted by molar-refractivity contribution is -0.116. The number of nitrogens with one attached hydrogen (secondary N) is 2. The van der Waals surface area contributed by atoms with Gasteiger partial charge in [0.25, 0.3) is 0 Å². The largest absolute Gasteiger partial charge is 0.491 e. The van der Waals surface area contributed by atoms with Crippen molar-refractivity contribution >= 4 is 11.6 Å². The Labute approximate surface area is 192 Å². The third-order valence-corrected chi connectivity index (χ3v) is 5.29. The summed E-state index contributed by atoms with van der Waals surface area (Å²) in [5.74, 6) is 0.802. The fraction of sp³-hybridized carbons (Fsp3) is 0.500. The third-order valence-electron chi connectivity index (χ3n) is 5.29. The van der Waals surface area contributed by atoms with E-state index < -0.39 is 6.10 Å². The molecule has 32 heavy (non-hydrogen) atoms. The number of carbonyl (C=O) groups excluding carboxylic acids is 1. The number of hydrogen-bond acceptors (Lipinski definition) is 5. The van der Waals surface area contributed by atoms with Crippen molar-refractivity contribution in [2.75, 3.05) is 32.2 Å². The zero-order chi connectivity index (χ0) is 23.2. The van der Waals surface area contributed by atoms with E-state index in [1.165, 1.54) is 11.1 Å². The Morgan fingerprint density at radius 2 is 1.78 bits per heavy atom. The molecule has 0 aliphatic heterocycles. The maximum Gasteiger partial charge on any atom is 0.224 e. The Morgan fingerprint density at radius 3 is 2.47 bits per heavy atom.